The maximum Gasteiger partial charge on any atom is 0.129 e. The molecule has 3 aromatic rings. The summed E-state index contributed by atoms with van der Waals surface area (Å²) in [6, 6.07) is 14.2. The van der Waals surface area contributed by atoms with E-state index in [4.69, 9.17) is 4.74 Å². The lowest BCUT2D eigenvalue weighted by atomic mass is 10.2. The molecule has 0 atom stereocenters. The van der Waals surface area contributed by atoms with Crippen LogP contribution in [0.2, 0.25) is 0 Å². The third kappa shape index (κ3) is 2.07. The standard InChI is InChI=1S/C15H12FNO/c16-12-4-1-3-11(9-12)10-18-15-6-2-5-14-13(15)7-8-17-14/h1-9,17H,10H2. The third-order valence-corrected chi connectivity index (χ3v) is 2.84. The average molecular weight is 241 g/mol. The lowest BCUT2D eigenvalue weighted by Gasteiger charge is -2.07. The molecule has 0 spiro atoms. The minimum absolute atomic E-state index is 0.240. The first-order chi connectivity index (χ1) is 8.83. The summed E-state index contributed by atoms with van der Waals surface area (Å²) in [5.41, 5.74) is 1.86. The molecule has 1 N–H and O–H groups in total. The van der Waals surface area contributed by atoms with Crippen molar-refractivity contribution in [2.24, 2.45) is 0 Å². The Bertz CT molecular complexity index is 675. The Balaban J connectivity index is 1.83. The fourth-order valence-electron chi connectivity index (χ4n) is 1.97. The number of fused-ring (bicyclic) bond motifs is 1. The molecule has 2 aromatic carbocycles. The predicted molar refractivity (Wildman–Crippen MR) is 69.0 cm³/mol. The minimum Gasteiger partial charge on any atom is -0.488 e. The zero-order valence-electron chi connectivity index (χ0n) is 9.69. The van der Waals surface area contributed by atoms with Crippen LogP contribution in [0.25, 0.3) is 10.9 Å². The number of halogens is 1. The van der Waals surface area contributed by atoms with Gasteiger partial charge in [-0.1, -0.05) is 18.2 Å². The second-order valence-corrected chi connectivity index (χ2v) is 4.11. The number of aromatic nitrogens is 1. The first kappa shape index (κ1) is 10.8. The van der Waals surface area contributed by atoms with Crippen molar-refractivity contribution in [2.45, 2.75) is 6.61 Å². The molecule has 1 heterocycles. The molecule has 18 heavy (non-hydrogen) atoms. The molecular formula is C15H12FNO. The molecule has 0 saturated carbocycles. The van der Waals surface area contributed by atoms with Gasteiger partial charge in [-0.2, -0.15) is 0 Å². The molecule has 0 aliphatic heterocycles. The third-order valence-electron chi connectivity index (χ3n) is 2.84. The number of aromatic amines is 1. The summed E-state index contributed by atoms with van der Waals surface area (Å²) in [5.74, 6) is 0.564. The number of nitrogens with one attached hydrogen (secondary N) is 1. The number of hydrogen-bond donors (Lipinski definition) is 1. The molecule has 0 saturated heterocycles. The highest BCUT2D eigenvalue weighted by atomic mass is 19.1. The van der Waals surface area contributed by atoms with Crippen molar-refractivity contribution in [1.82, 2.24) is 4.98 Å². The quantitative estimate of drug-likeness (QED) is 0.739. The average Bonchev–Trinajstić information content (AvgIpc) is 2.85. The van der Waals surface area contributed by atoms with Crippen LogP contribution in [0.1, 0.15) is 5.56 Å². The van der Waals surface area contributed by atoms with Crippen molar-refractivity contribution < 1.29 is 9.13 Å². The fourth-order valence-corrected chi connectivity index (χ4v) is 1.97. The van der Waals surface area contributed by atoms with E-state index in [1.165, 1.54) is 12.1 Å². The molecular weight excluding hydrogens is 229 g/mol. The smallest absolute Gasteiger partial charge is 0.129 e. The summed E-state index contributed by atoms with van der Waals surface area (Å²) in [7, 11) is 0. The van der Waals surface area contributed by atoms with E-state index in [9.17, 15) is 4.39 Å². The summed E-state index contributed by atoms with van der Waals surface area (Å²) in [6.07, 6.45) is 1.87. The molecule has 0 radical (unpaired) electrons. The molecule has 0 fully saturated rings. The van der Waals surface area contributed by atoms with Crippen molar-refractivity contribution in [2.75, 3.05) is 0 Å². The van der Waals surface area contributed by atoms with E-state index in [2.05, 4.69) is 4.98 Å². The Morgan fingerprint density at radius 3 is 2.83 bits per heavy atom. The van der Waals surface area contributed by atoms with Gasteiger partial charge in [0.15, 0.2) is 0 Å². The second kappa shape index (κ2) is 4.53. The first-order valence-electron chi connectivity index (χ1n) is 5.76. The monoisotopic (exact) mass is 241 g/mol. The van der Waals surface area contributed by atoms with Gasteiger partial charge < -0.3 is 9.72 Å². The van der Waals surface area contributed by atoms with E-state index < -0.39 is 0 Å². The van der Waals surface area contributed by atoms with Crippen LogP contribution in [0.3, 0.4) is 0 Å². The van der Waals surface area contributed by atoms with E-state index in [-0.39, 0.29) is 5.82 Å². The Hall–Kier alpha value is -2.29. The van der Waals surface area contributed by atoms with Crippen LogP contribution in [0.15, 0.2) is 54.7 Å². The van der Waals surface area contributed by atoms with Gasteiger partial charge in [0.1, 0.15) is 18.2 Å². The highest BCUT2D eigenvalue weighted by Crippen LogP contribution is 2.25. The molecule has 0 aliphatic carbocycles. The summed E-state index contributed by atoms with van der Waals surface area (Å²) < 4.78 is 18.8. The number of H-pyrrole nitrogens is 1. The topological polar surface area (TPSA) is 25.0 Å². The van der Waals surface area contributed by atoms with E-state index in [0.29, 0.717) is 6.61 Å². The first-order valence-corrected chi connectivity index (χ1v) is 5.76. The van der Waals surface area contributed by atoms with Crippen molar-refractivity contribution in [3.63, 3.8) is 0 Å². The zero-order chi connectivity index (χ0) is 12.4. The van der Waals surface area contributed by atoms with Crippen LogP contribution >= 0.6 is 0 Å². The van der Waals surface area contributed by atoms with Crippen molar-refractivity contribution >= 4 is 10.9 Å². The summed E-state index contributed by atoms with van der Waals surface area (Å²) >= 11 is 0. The Morgan fingerprint density at radius 1 is 1.06 bits per heavy atom. The molecule has 0 bridgehead atoms. The van der Waals surface area contributed by atoms with Gasteiger partial charge >= 0.3 is 0 Å². The van der Waals surface area contributed by atoms with Gasteiger partial charge in [-0.15, -0.1) is 0 Å². The van der Waals surface area contributed by atoms with Gasteiger partial charge in [-0.05, 0) is 35.9 Å². The van der Waals surface area contributed by atoms with Crippen LogP contribution in [-0.2, 0) is 6.61 Å². The molecule has 0 unspecified atom stereocenters. The molecule has 1 aromatic heterocycles. The molecule has 0 aliphatic rings. The summed E-state index contributed by atoms with van der Waals surface area (Å²) in [4.78, 5) is 3.13. The number of ether oxygens (including phenoxy) is 1. The highest BCUT2D eigenvalue weighted by molar-refractivity contribution is 5.85. The maximum absolute atomic E-state index is 13.0. The van der Waals surface area contributed by atoms with Gasteiger partial charge in [0.25, 0.3) is 0 Å². The molecule has 90 valence electrons. The fraction of sp³-hybridized carbons (Fsp3) is 0.0667. The Labute approximate surface area is 104 Å². The Kier molecular flexibility index (Phi) is 2.73. The highest BCUT2D eigenvalue weighted by Gasteiger charge is 2.03. The number of benzene rings is 2. The molecule has 3 heteroatoms. The van der Waals surface area contributed by atoms with E-state index in [1.807, 2.05) is 36.5 Å². The van der Waals surface area contributed by atoms with E-state index >= 15 is 0 Å². The van der Waals surface area contributed by atoms with Gasteiger partial charge in [-0.25, -0.2) is 4.39 Å². The SMILES string of the molecule is Fc1cccc(COc2cccc3[nH]ccc23)c1. The number of rotatable bonds is 3. The summed E-state index contributed by atoms with van der Waals surface area (Å²) in [6.45, 7) is 0.363. The zero-order valence-corrected chi connectivity index (χ0v) is 9.69. The molecule has 2 nitrogen and oxygen atoms in total. The number of hydrogen-bond acceptors (Lipinski definition) is 1. The van der Waals surface area contributed by atoms with E-state index in [0.717, 1.165) is 22.2 Å². The minimum atomic E-state index is -0.240. The van der Waals surface area contributed by atoms with Gasteiger partial charge in [0, 0.05) is 17.1 Å². The maximum atomic E-state index is 13.0. The van der Waals surface area contributed by atoms with Gasteiger partial charge in [0.05, 0.1) is 0 Å². The second-order valence-electron chi connectivity index (χ2n) is 4.11. The van der Waals surface area contributed by atoms with Crippen molar-refractivity contribution in [1.29, 1.82) is 0 Å². The van der Waals surface area contributed by atoms with Crippen LogP contribution in [0.4, 0.5) is 4.39 Å². The normalized spacial score (nSPS) is 10.7. The van der Waals surface area contributed by atoms with Crippen LogP contribution < -0.4 is 4.74 Å². The predicted octanol–water partition coefficient (Wildman–Crippen LogP) is 3.89. The summed E-state index contributed by atoms with van der Waals surface area (Å²) in [5, 5.41) is 1.04. The lowest BCUT2D eigenvalue weighted by Crippen LogP contribution is -1.96. The van der Waals surface area contributed by atoms with Crippen LogP contribution in [-0.4, -0.2) is 4.98 Å². The van der Waals surface area contributed by atoms with Crippen molar-refractivity contribution in [3.8, 4) is 5.75 Å². The van der Waals surface area contributed by atoms with Crippen molar-refractivity contribution in [3.05, 3.63) is 66.1 Å². The van der Waals surface area contributed by atoms with Gasteiger partial charge in [0.2, 0.25) is 0 Å². The Morgan fingerprint density at radius 2 is 1.94 bits per heavy atom. The van der Waals surface area contributed by atoms with Crippen LogP contribution in [0, 0.1) is 5.82 Å². The largest absolute Gasteiger partial charge is 0.488 e. The lowest BCUT2D eigenvalue weighted by molar-refractivity contribution is 0.309. The van der Waals surface area contributed by atoms with Gasteiger partial charge in [-0.3, -0.25) is 0 Å². The van der Waals surface area contributed by atoms with Crippen LogP contribution in [0.5, 0.6) is 5.75 Å². The molecule has 3 rings (SSSR count). The van der Waals surface area contributed by atoms with E-state index in [1.54, 1.807) is 6.07 Å². The molecule has 0 amide bonds.